The number of nitrogens with zero attached hydrogens (tertiary/aromatic N) is 2. The molecule has 0 radical (unpaired) electrons. The van der Waals surface area contributed by atoms with Crippen LogP contribution >= 0.6 is 11.3 Å². The zero-order valence-corrected chi connectivity index (χ0v) is 11.5. The quantitative estimate of drug-likeness (QED) is 0.809. The molecule has 2 aromatic rings. The lowest BCUT2D eigenvalue weighted by molar-refractivity contribution is 0.102. The molecule has 3 N–H and O–H groups in total. The van der Waals surface area contributed by atoms with Gasteiger partial charge in [0.05, 0.1) is 4.90 Å². The smallest absolute Gasteiger partial charge is 0.257 e. The largest absolute Gasteiger partial charge is 0.399 e. The van der Waals surface area contributed by atoms with Crippen LogP contribution in [0.4, 0.5) is 10.8 Å². The summed E-state index contributed by atoms with van der Waals surface area (Å²) >= 11 is 1.16. The molecule has 1 amide bonds. The number of anilines is 2. The fourth-order valence-electron chi connectivity index (χ4n) is 1.36. The minimum Gasteiger partial charge on any atom is -0.399 e. The van der Waals surface area contributed by atoms with Crippen LogP contribution in [0.1, 0.15) is 10.4 Å². The minimum atomic E-state index is -3.43. The van der Waals surface area contributed by atoms with Crippen LogP contribution in [0, 0.1) is 0 Å². The van der Waals surface area contributed by atoms with Gasteiger partial charge in [-0.2, -0.15) is 0 Å². The van der Waals surface area contributed by atoms with E-state index in [9.17, 15) is 13.2 Å². The summed E-state index contributed by atoms with van der Waals surface area (Å²) in [5, 5.41) is 10.1. The van der Waals surface area contributed by atoms with E-state index >= 15 is 0 Å². The van der Waals surface area contributed by atoms with Gasteiger partial charge in [0.25, 0.3) is 5.91 Å². The molecule has 1 aromatic carbocycles. The van der Waals surface area contributed by atoms with Crippen LogP contribution in [0.25, 0.3) is 0 Å². The molecule has 100 valence electrons. The van der Waals surface area contributed by atoms with Crippen LogP contribution in [-0.2, 0) is 9.84 Å². The lowest BCUT2D eigenvalue weighted by Crippen LogP contribution is -2.13. The van der Waals surface area contributed by atoms with E-state index in [1.54, 1.807) is 0 Å². The second-order valence-corrected chi connectivity index (χ2v) is 6.61. The van der Waals surface area contributed by atoms with E-state index in [4.69, 9.17) is 5.73 Å². The second-order valence-electron chi connectivity index (χ2n) is 3.76. The number of benzene rings is 1. The van der Waals surface area contributed by atoms with Gasteiger partial charge >= 0.3 is 0 Å². The maximum absolute atomic E-state index is 11.9. The minimum absolute atomic E-state index is 0.00471. The van der Waals surface area contributed by atoms with Gasteiger partial charge in [0.15, 0.2) is 9.84 Å². The standard InChI is InChI=1S/C10H10N4O3S2/c1-19(16,17)8-3-6(2-7(11)4-8)9(15)13-10-14-12-5-18-10/h2-5H,11H2,1H3,(H,13,14,15). The van der Waals surface area contributed by atoms with Crippen LogP contribution in [0.3, 0.4) is 0 Å². The van der Waals surface area contributed by atoms with Crippen LogP contribution in [0.2, 0.25) is 0 Å². The van der Waals surface area contributed by atoms with Crippen molar-refractivity contribution in [1.29, 1.82) is 0 Å². The molecule has 0 unspecified atom stereocenters. The number of hydrogen-bond acceptors (Lipinski definition) is 7. The molecule has 0 saturated carbocycles. The van der Waals surface area contributed by atoms with Crippen molar-refractivity contribution in [1.82, 2.24) is 10.2 Å². The monoisotopic (exact) mass is 298 g/mol. The van der Waals surface area contributed by atoms with Crippen molar-refractivity contribution in [2.45, 2.75) is 4.90 Å². The molecule has 2 rings (SSSR count). The average molecular weight is 298 g/mol. The van der Waals surface area contributed by atoms with Gasteiger partial charge in [-0.15, -0.1) is 10.2 Å². The van der Waals surface area contributed by atoms with Gasteiger partial charge in [-0.3, -0.25) is 10.1 Å². The third kappa shape index (κ3) is 3.26. The van der Waals surface area contributed by atoms with Crippen molar-refractivity contribution in [3.05, 3.63) is 29.3 Å². The van der Waals surface area contributed by atoms with Crippen molar-refractivity contribution >= 4 is 37.9 Å². The summed E-state index contributed by atoms with van der Waals surface area (Å²) in [6.07, 6.45) is 1.05. The van der Waals surface area contributed by atoms with E-state index in [-0.39, 0.29) is 16.1 Å². The van der Waals surface area contributed by atoms with Gasteiger partial charge in [0.1, 0.15) is 5.51 Å². The molecule has 7 nitrogen and oxygen atoms in total. The Balaban J connectivity index is 2.35. The molecule has 19 heavy (non-hydrogen) atoms. The number of nitrogen functional groups attached to an aromatic ring is 1. The summed E-state index contributed by atoms with van der Waals surface area (Å²) < 4.78 is 22.9. The Hall–Kier alpha value is -2.00. The summed E-state index contributed by atoms with van der Waals surface area (Å²) in [6.45, 7) is 0. The van der Waals surface area contributed by atoms with Gasteiger partial charge < -0.3 is 5.73 Å². The molecule has 0 fully saturated rings. The summed E-state index contributed by atoms with van der Waals surface area (Å²) in [7, 11) is -3.43. The van der Waals surface area contributed by atoms with Crippen molar-refractivity contribution in [3.8, 4) is 0 Å². The number of carbonyl (C=O) groups is 1. The van der Waals surface area contributed by atoms with Gasteiger partial charge in [-0.05, 0) is 18.2 Å². The highest BCUT2D eigenvalue weighted by Crippen LogP contribution is 2.18. The molecule has 0 bridgehead atoms. The van der Waals surface area contributed by atoms with Gasteiger partial charge in [-0.25, -0.2) is 8.42 Å². The van der Waals surface area contributed by atoms with E-state index in [0.29, 0.717) is 5.13 Å². The zero-order valence-electron chi connectivity index (χ0n) is 9.82. The summed E-state index contributed by atoms with van der Waals surface area (Å²) in [5.74, 6) is -0.492. The lowest BCUT2D eigenvalue weighted by atomic mass is 10.2. The highest BCUT2D eigenvalue weighted by molar-refractivity contribution is 7.90. The van der Waals surface area contributed by atoms with Gasteiger partial charge in [0.2, 0.25) is 5.13 Å². The molecular formula is C10H10N4O3S2. The number of rotatable bonds is 3. The van der Waals surface area contributed by atoms with E-state index in [1.165, 1.54) is 23.7 Å². The molecule has 0 aliphatic heterocycles. The third-order valence-electron chi connectivity index (χ3n) is 2.20. The van der Waals surface area contributed by atoms with Crippen molar-refractivity contribution < 1.29 is 13.2 Å². The Bertz CT molecular complexity index is 710. The Labute approximate surface area is 113 Å². The number of hydrogen-bond donors (Lipinski definition) is 2. The van der Waals surface area contributed by atoms with E-state index in [1.807, 2.05) is 0 Å². The number of sulfone groups is 1. The topological polar surface area (TPSA) is 115 Å². The summed E-state index contributed by atoms with van der Waals surface area (Å²) in [4.78, 5) is 11.9. The Morgan fingerprint density at radius 2 is 2.11 bits per heavy atom. The number of carbonyl (C=O) groups excluding carboxylic acids is 1. The fraction of sp³-hybridized carbons (Fsp3) is 0.100. The molecular weight excluding hydrogens is 288 g/mol. The van der Waals surface area contributed by atoms with Crippen molar-refractivity contribution in [3.63, 3.8) is 0 Å². The number of nitrogens with one attached hydrogen (secondary N) is 1. The van der Waals surface area contributed by atoms with Crippen LogP contribution in [-0.4, -0.2) is 30.8 Å². The number of amides is 1. The van der Waals surface area contributed by atoms with E-state index < -0.39 is 15.7 Å². The second kappa shape index (κ2) is 4.94. The zero-order chi connectivity index (χ0) is 14.0. The van der Waals surface area contributed by atoms with Crippen LogP contribution in [0.15, 0.2) is 28.6 Å². The first-order valence-electron chi connectivity index (χ1n) is 5.04. The Morgan fingerprint density at radius 1 is 1.37 bits per heavy atom. The maximum atomic E-state index is 11.9. The molecule has 1 heterocycles. The Morgan fingerprint density at radius 3 is 2.68 bits per heavy atom. The number of nitrogens with two attached hydrogens (primary N) is 1. The van der Waals surface area contributed by atoms with Crippen molar-refractivity contribution in [2.75, 3.05) is 17.3 Å². The molecule has 0 saturated heterocycles. The molecule has 1 aromatic heterocycles. The first kappa shape index (κ1) is 13.4. The third-order valence-corrected chi connectivity index (χ3v) is 3.90. The van der Waals surface area contributed by atoms with Crippen molar-refractivity contribution in [2.24, 2.45) is 0 Å². The predicted molar refractivity (Wildman–Crippen MR) is 71.8 cm³/mol. The fourth-order valence-corrected chi connectivity index (χ4v) is 2.50. The van der Waals surface area contributed by atoms with E-state index in [2.05, 4.69) is 15.5 Å². The Kier molecular flexibility index (Phi) is 3.49. The number of aromatic nitrogens is 2. The van der Waals surface area contributed by atoms with Crippen LogP contribution < -0.4 is 11.1 Å². The molecule has 0 aliphatic carbocycles. The summed E-state index contributed by atoms with van der Waals surface area (Å²) in [6, 6.07) is 3.96. The van der Waals surface area contributed by atoms with Crippen LogP contribution in [0.5, 0.6) is 0 Å². The highest BCUT2D eigenvalue weighted by Gasteiger charge is 2.14. The highest BCUT2D eigenvalue weighted by atomic mass is 32.2. The molecule has 0 aliphatic rings. The van der Waals surface area contributed by atoms with Gasteiger partial charge in [-0.1, -0.05) is 11.3 Å². The first-order chi connectivity index (χ1) is 8.86. The van der Waals surface area contributed by atoms with Gasteiger partial charge in [0, 0.05) is 17.5 Å². The average Bonchev–Trinajstić information content (AvgIpc) is 2.79. The lowest BCUT2D eigenvalue weighted by Gasteiger charge is -2.05. The predicted octanol–water partition coefficient (Wildman–Crippen LogP) is 0.776. The maximum Gasteiger partial charge on any atom is 0.257 e. The summed E-state index contributed by atoms with van der Waals surface area (Å²) in [5.41, 5.74) is 7.41. The molecule has 0 spiro atoms. The van der Waals surface area contributed by atoms with E-state index in [0.717, 1.165) is 17.6 Å². The SMILES string of the molecule is CS(=O)(=O)c1cc(N)cc(C(=O)Nc2nncs2)c1. The first-order valence-corrected chi connectivity index (χ1v) is 7.81. The normalized spacial score (nSPS) is 11.2. The molecule has 0 atom stereocenters. The molecule has 9 heteroatoms.